The van der Waals surface area contributed by atoms with E-state index in [0.717, 1.165) is 37.8 Å². The summed E-state index contributed by atoms with van der Waals surface area (Å²) < 4.78 is 20.3. The third kappa shape index (κ3) is 7.45. The van der Waals surface area contributed by atoms with E-state index in [9.17, 15) is 9.59 Å². The van der Waals surface area contributed by atoms with E-state index in [1.165, 1.54) is 19.6 Å². The predicted octanol–water partition coefficient (Wildman–Crippen LogP) is 7.24. The molecule has 1 saturated carbocycles. The molecule has 0 radical (unpaired) electrons. The molecule has 2 aromatic carbocycles. The van der Waals surface area contributed by atoms with Crippen molar-refractivity contribution >= 4 is 29.1 Å². The van der Waals surface area contributed by atoms with E-state index in [-0.39, 0.29) is 12.2 Å². The fourth-order valence-electron chi connectivity index (χ4n) is 4.89. The summed E-state index contributed by atoms with van der Waals surface area (Å²) in [5.41, 5.74) is 3.37. The second kappa shape index (κ2) is 12.7. The molecule has 0 aliphatic heterocycles. The molecule has 1 unspecified atom stereocenters. The summed E-state index contributed by atoms with van der Waals surface area (Å²) in [5, 5.41) is 5.85. The van der Waals surface area contributed by atoms with E-state index < -0.39 is 17.9 Å². The maximum atomic E-state index is 15.5. The Balaban J connectivity index is 1.99. The Bertz CT molecular complexity index is 1030. The van der Waals surface area contributed by atoms with Gasteiger partial charge in [-0.1, -0.05) is 57.7 Å². The fraction of sp³-hybridized carbons (Fsp3) is 0.517. The number of amides is 2. The molecule has 0 bridgehead atoms. The Morgan fingerprint density at radius 1 is 1.06 bits per heavy atom. The monoisotopic (exact) mass is 497 g/mol. The van der Waals surface area contributed by atoms with Crippen molar-refractivity contribution in [3.05, 3.63) is 53.3 Å². The Morgan fingerprint density at radius 2 is 1.72 bits per heavy atom. The first-order chi connectivity index (χ1) is 17.2. The van der Waals surface area contributed by atoms with Gasteiger partial charge in [-0.3, -0.25) is 4.79 Å². The summed E-state index contributed by atoms with van der Waals surface area (Å²) in [6.07, 6.45) is 5.65. The Labute approximate surface area is 214 Å². The number of methoxy groups -OCH3 is 1. The van der Waals surface area contributed by atoms with Crippen LogP contribution in [0, 0.1) is 18.7 Å². The largest absolute Gasteiger partial charge is 0.469 e. The SMILES string of the molecule is COC(=O)CC(C)c1cc(NC(=O)Nc2ccc(C)cc2)c(N(CC(C)C)C2CCCCC2)cc1F. The minimum Gasteiger partial charge on any atom is -0.469 e. The molecular weight excluding hydrogens is 457 g/mol. The van der Waals surface area contributed by atoms with Gasteiger partial charge in [-0.05, 0) is 61.4 Å². The van der Waals surface area contributed by atoms with Gasteiger partial charge in [-0.25, -0.2) is 9.18 Å². The highest BCUT2D eigenvalue weighted by molar-refractivity contribution is 6.02. The number of anilines is 3. The third-order valence-electron chi connectivity index (χ3n) is 6.79. The predicted molar refractivity (Wildman–Crippen MR) is 144 cm³/mol. The molecule has 0 saturated heterocycles. The van der Waals surface area contributed by atoms with Crippen molar-refractivity contribution in [2.45, 2.75) is 78.2 Å². The number of benzene rings is 2. The first-order valence-corrected chi connectivity index (χ1v) is 13.0. The number of esters is 1. The van der Waals surface area contributed by atoms with E-state index in [0.29, 0.717) is 34.6 Å². The number of hydrogen-bond acceptors (Lipinski definition) is 4. The van der Waals surface area contributed by atoms with Gasteiger partial charge in [0.15, 0.2) is 0 Å². The quantitative estimate of drug-likeness (QED) is 0.358. The molecule has 1 aliphatic carbocycles. The number of rotatable bonds is 9. The van der Waals surface area contributed by atoms with Crippen molar-refractivity contribution < 1.29 is 18.7 Å². The van der Waals surface area contributed by atoms with Gasteiger partial charge in [0.25, 0.3) is 0 Å². The van der Waals surface area contributed by atoms with Crippen LogP contribution in [0.5, 0.6) is 0 Å². The fourth-order valence-corrected chi connectivity index (χ4v) is 4.89. The second-order valence-electron chi connectivity index (χ2n) is 10.4. The van der Waals surface area contributed by atoms with Gasteiger partial charge in [0, 0.05) is 18.3 Å². The molecule has 36 heavy (non-hydrogen) atoms. The van der Waals surface area contributed by atoms with Crippen LogP contribution in [0.25, 0.3) is 0 Å². The maximum absolute atomic E-state index is 15.5. The van der Waals surface area contributed by atoms with E-state index in [2.05, 4.69) is 29.4 Å². The van der Waals surface area contributed by atoms with E-state index in [1.807, 2.05) is 31.2 Å². The molecule has 0 aromatic heterocycles. The van der Waals surface area contributed by atoms with Crippen molar-refractivity contribution in [3.8, 4) is 0 Å². The zero-order chi connectivity index (χ0) is 26.2. The summed E-state index contributed by atoms with van der Waals surface area (Å²) in [4.78, 5) is 27.2. The lowest BCUT2D eigenvalue weighted by Gasteiger charge is -2.38. The van der Waals surface area contributed by atoms with Crippen LogP contribution in [0.3, 0.4) is 0 Å². The second-order valence-corrected chi connectivity index (χ2v) is 10.4. The lowest BCUT2D eigenvalue weighted by Crippen LogP contribution is -2.40. The molecule has 1 atom stereocenters. The molecule has 196 valence electrons. The zero-order valence-corrected chi connectivity index (χ0v) is 22.2. The van der Waals surface area contributed by atoms with E-state index in [1.54, 1.807) is 13.0 Å². The number of ether oxygens (including phenoxy) is 1. The normalized spacial score (nSPS) is 14.9. The Morgan fingerprint density at radius 3 is 2.33 bits per heavy atom. The summed E-state index contributed by atoms with van der Waals surface area (Å²) in [5.74, 6) is -0.820. The van der Waals surface area contributed by atoms with Gasteiger partial charge in [0.05, 0.1) is 24.9 Å². The molecule has 7 heteroatoms. The molecule has 2 aromatic rings. The molecule has 1 fully saturated rings. The van der Waals surface area contributed by atoms with Crippen molar-refractivity contribution in [3.63, 3.8) is 0 Å². The van der Waals surface area contributed by atoms with Crippen LogP contribution < -0.4 is 15.5 Å². The number of carbonyl (C=O) groups excluding carboxylic acids is 2. The summed E-state index contributed by atoms with van der Waals surface area (Å²) >= 11 is 0. The summed E-state index contributed by atoms with van der Waals surface area (Å²) in [6, 6.07) is 10.7. The van der Waals surface area contributed by atoms with Gasteiger partial charge in [-0.2, -0.15) is 0 Å². The van der Waals surface area contributed by atoms with E-state index >= 15 is 4.39 Å². The highest BCUT2D eigenvalue weighted by Crippen LogP contribution is 2.37. The molecule has 6 nitrogen and oxygen atoms in total. The number of hydrogen-bond donors (Lipinski definition) is 2. The van der Waals surface area contributed by atoms with Crippen LogP contribution in [0.1, 0.15) is 76.3 Å². The minimum atomic E-state index is -0.402. The zero-order valence-electron chi connectivity index (χ0n) is 22.2. The smallest absolute Gasteiger partial charge is 0.323 e. The van der Waals surface area contributed by atoms with Crippen LogP contribution in [0.4, 0.5) is 26.2 Å². The Hall–Kier alpha value is -3.09. The third-order valence-corrected chi connectivity index (χ3v) is 6.79. The van der Waals surface area contributed by atoms with Gasteiger partial charge in [0.1, 0.15) is 5.82 Å². The number of nitrogens with zero attached hydrogens (tertiary/aromatic N) is 1. The highest BCUT2D eigenvalue weighted by Gasteiger charge is 2.27. The van der Waals surface area contributed by atoms with Crippen LogP contribution in [0.2, 0.25) is 0 Å². The number of carbonyl (C=O) groups is 2. The van der Waals surface area contributed by atoms with Crippen LogP contribution >= 0.6 is 0 Å². The van der Waals surface area contributed by atoms with Gasteiger partial charge >= 0.3 is 12.0 Å². The molecule has 1 aliphatic rings. The number of urea groups is 1. The van der Waals surface area contributed by atoms with Crippen molar-refractivity contribution in [1.29, 1.82) is 0 Å². The number of nitrogens with one attached hydrogen (secondary N) is 2. The number of halogens is 1. The maximum Gasteiger partial charge on any atom is 0.323 e. The first kappa shape index (κ1) is 27.5. The van der Waals surface area contributed by atoms with Crippen molar-refractivity contribution in [2.75, 3.05) is 29.2 Å². The first-order valence-electron chi connectivity index (χ1n) is 13.0. The molecule has 2 amide bonds. The molecule has 2 N–H and O–H groups in total. The lowest BCUT2D eigenvalue weighted by atomic mass is 9.91. The number of aryl methyl sites for hydroxylation is 1. The van der Waals surface area contributed by atoms with Crippen LogP contribution in [-0.2, 0) is 9.53 Å². The van der Waals surface area contributed by atoms with Gasteiger partial charge in [-0.15, -0.1) is 0 Å². The summed E-state index contributed by atoms with van der Waals surface area (Å²) in [6.45, 7) is 8.83. The Kier molecular flexibility index (Phi) is 9.73. The lowest BCUT2D eigenvalue weighted by molar-refractivity contribution is -0.141. The van der Waals surface area contributed by atoms with Crippen molar-refractivity contribution in [2.24, 2.45) is 5.92 Å². The highest BCUT2D eigenvalue weighted by atomic mass is 19.1. The van der Waals surface area contributed by atoms with Crippen LogP contribution in [0.15, 0.2) is 36.4 Å². The average Bonchev–Trinajstić information content (AvgIpc) is 2.85. The van der Waals surface area contributed by atoms with Gasteiger partial charge < -0.3 is 20.3 Å². The van der Waals surface area contributed by atoms with Crippen molar-refractivity contribution in [1.82, 2.24) is 0 Å². The molecule has 0 heterocycles. The molecular formula is C29H40FN3O3. The van der Waals surface area contributed by atoms with Crippen LogP contribution in [-0.4, -0.2) is 31.7 Å². The minimum absolute atomic E-state index is 0.0557. The molecule has 3 rings (SSSR count). The van der Waals surface area contributed by atoms with Gasteiger partial charge in [0.2, 0.25) is 0 Å². The summed E-state index contributed by atoms with van der Waals surface area (Å²) in [7, 11) is 1.32. The topological polar surface area (TPSA) is 70.7 Å². The molecule has 0 spiro atoms. The standard InChI is InChI=1S/C29H40FN3O3/c1-19(2)18-33(23-9-7-6-8-10-23)27-17-25(30)24(21(4)15-28(34)36-5)16-26(27)32-29(35)31-22-13-11-20(3)12-14-22/h11-14,16-17,19,21,23H,6-10,15,18H2,1-5H3,(H2,31,32,35). The average molecular weight is 498 g/mol. The van der Waals surface area contributed by atoms with E-state index in [4.69, 9.17) is 4.74 Å².